The molecule has 8 nitrogen and oxygen atoms in total. The molecule has 3 unspecified atom stereocenters. The van der Waals surface area contributed by atoms with E-state index in [1.165, 1.54) is 19.3 Å². The van der Waals surface area contributed by atoms with Crippen LogP contribution in [0.4, 0.5) is 0 Å². The Bertz CT molecular complexity index is 940. The first-order valence-electron chi connectivity index (χ1n) is 11.3. The highest BCUT2D eigenvalue weighted by Crippen LogP contribution is 2.32. The second-order valence-corrected chi connectivity index (χ2v) is 9.13. The van der Waals surface area contributed by atoms with Crippen LogP contribution in [0.1, 0.15) is 64.8 Å². The summed E-state index contributed by atoms with van der Waals surface area (Å²) in [7, 11) is 0. The standard InChI is InChI=1S/C23H28N4O4/c28-19-9-8-18(21(29)25-19)27-22(30)16-6-1-4-15(20(16)23(27)31)13-26-11-3-5-14(12-26)17-7-2-10-24-17/h1,4,6,14,17-18,24H,2-3,5,7-13H2,(H,25,28,29). The molecule has 0 spiro atoms. The number of piperidine rings is 2. The summed E-state index contributed by atoms with van der Waals surface area (Å²) < 4.78 is 0. The number of benzene rings is 1. The first kappa shape index (κ1) is 20.3. The predicted octanol–water partition coefficient (Wildman–Crippen LogP) is 1.05. The molecule has 3 atom stereocenters. The molecule has 0 bridgehead atoms. The van der Waals surface area contributed by atoms with Crippen LogP contribution in [0.3, 0.4) is 0 Å². The van der Waals surface area contributed by atoms with Crippen LogP contribution >= 0.6 is 0 Å². The summed E-state index contributed by atoms with van der Waals surface area (Å²) in [6.45, 7) is 3.68. The van der Waals surface area contributed by atoms with Gasteiger partial charge in [-0.2, -0.15) is 0 Å². The Morgan fingerprint density at radius 3 is 2.65 bits per heavy atom. The van der Waals surface area contributed by atoms with Crippen molar-refractivity contribution in [2.45, 2.75) is 57.2 Å². The van der Waals surface area contributed by atoms with Crippen LogP contribution in [-0.4, -0.2) is 65.1 Å². The van der Waals surface area contributed by atoms with Crippen molar-refractivity contribution in [1.82, 2.24) is 20.4 Å². The first-order chi connectivity index (χ1) is 15.0. The number of fused-ring (bicyclic) bond motifs is 1. The van der Waals surface area contributed by atoms with Gasteiger partial charge in [-0.3, -0.25) is 34.3 Å². The van der Waals surface area contributed by atoms with Crippen LogP contribution in [-0.2, 0) is 16.1 Å². The summed E-state index contributed by atoms with van der Waals surface area (Å²) in [5.74, 6) is -1.19. The van der Waals surface area contributed by atoms with Crippen LogP contribution in [0.25, 0.3) is 0 Å². The molecule has 1 aromatic carbocycles. The Morgan fingerprint density at radius 2 is 1.87 bits per heavy atom. The average Bonchev–Trinajstić information content (AvgIpc) is 3.38. The van der Waals surface area contributed by atoms with E-state index in [4.69, 9.17) is 0 Å². The van der Waals surface area contributed by atoms with Crippen molar-refractivity contribution in [1.29, 1.82) is 0 Å². The van der Waals surface area contributed by atoms with Crippen molar-refractivity contribution < 1.29 is 19.2 Å². The van der Waals surface area contributed by atoms with Gasteiger partial charge in [-0.25, -0.2) is 0 Å². The Balaban J connectivity index is 1.36. The van der Waals surface area contributed by atoms with Gasteiger partial charge in [0.1, 0.15) is 6.04 Å². The van der Waals surface area contributed by atoms with E-state index in [0.29, 0.717) is 29.6 Å². The van der Waals surface area contributed by atoms with Crippen molar-refractivity contribution in [2.75, 3.05) is 19.6 Å². The first-order valence-corrected chi connectivity index (χ1v) is 11.3. The minimum absolute atomic E-state index is 0.126. The highest BCUT2D eigenvalue weighted by molar-refractivity contribution is 6.24. The van der Waals surface area contributed by atoms with Gasteiger partial charge in [-0.15, -0.1) is 0 Å². The number of nitrogens with zero attached hydrogens (tertiary/aromatic N) is 2. The zero-order valence-electron chi connectivity index (χ0n) is 17.6. The van der Waals surface area contributed by atoms with E-state index < -0.39 is 23.8 Å². The van der Waals surface area contributed by atoms with Gasteiger partial charge in [-0.1, -0.05) is 12.1 Å². The van der Waals surface area contributed by atoms with Gasteiger partial charge in [0, 0.05) is 25.6 Å². The van der Waals surface area contributed by atoms with Gasteiger partial charge in [0.05, 0.1) is 11.1 Å². The van der Waals surface area contributed by atoms with Crippen LogP contribution in [0.5, 0.6) is 0 Å². The van der Waals surface area contributed by atoms with E-state index in [0.717, 1.165) is 36.5 Å². The summed E-state index contributed by atoms with van der Waals surface area (Å²) in [4.78, 5) is 53.5. The van der Waals surface area contributed by atoms with Gasteiger partial charge >= 0.3 is 0 Å². The summed E-state index contributed by atoms with van der Waals surface area (Å²) in [5.41, 5.74) is 1.61. The van der Waals surface area contributed by atoms with Crippen molar-refractivity contribution in [3.63, 3.8) is 0 Å². The maximum Gasteiger partial charge on any atom is 0.262 e. The second kappa shape index (κ2) is 8.16. The highest BCUT2D eigenvalue weighted by Gasteiger charge is 2.45. The third-order valence-electron chi connectivity index (χ3n) is 7.16. The van der Waals surface area contributed by atoms with E-state index >= 15 is 0 Å². The van der Waals surface area contributed by atoms with E-state index in [2.05, 4.69) is 15.5 Å². The zero-order chi connectivity index (χ0) is 21.5. The number of rotatable bonds is 4. The molecule has 2 N–H and O–H groups in total. The highest BCUT2D eigenvalue weighted by atomic mass is 16.2. The lowest BCUT2D eigenvalue weighted by Gasteiger charge is -2.36. The molecule has 0 saturated carbocycles. The van der Waals surface area contributed by atoms with E-state index in [1.54, 1.807) is 6.07 Å². The monoisotopic (exact) mass is 424 g/mol. The number of nitrogens with one attached hydrogen (secondary N) is 2. The molecule has 4 aliphatic rings. The third kappa shape index (κ3) is 3.68. The molecule has 4 heterocycles. The molecule has 0 aromatic heterocycles. The minimum atomic E-state index is -0.925. The Kier molecular flexibility index (Phi) is 5.35. The fraction of sp³-hybridized carbons (Fsp3) is 0.565. The molecule has 4 amide bonds. The lowest BCUT2D eigenvalue weighted by Crippen LogP contribution is -2.54. The average molecular weight is 425 g/mol. The Hall–Kier alpha value is -2.58. The second-order valence-electron chi connectivity index (χ2n) is 9.13. The lowest BCUT2D eigenvalue weighted by atomic mass is 9.89. The maximum absolute atomic E-state index is 13.3. The topological polar surface area (TPSA) is 98.8 Å². The SMILES string of the molecule is O=C1CCC(N2C(=O)c3cccc(CN4CCCC(C5CCCN5)C4)c3C2=O)C(=O)N1. The normalized spacial score (nSPS) is 29.4. The molecule has 0 radical (unpaired) electrons. The maximum atomic E-state index is 13.3. The number of amides is 4. The molecule has 4 aliphatic heterocycles. The van der Waals surface area contributed by atoms with Gasteiger partial charge < -0.3 is 5.32 Å². The number of carbonyl (C=O) groups excluding carboxylic acids is 4. The Morgan fingerprint density at radius 1 is 1.00 bits per heavy atom. The number of likely N-dealkylation sites (tertiary alicyclic amines) is 1. The zero-order valence-corrected chi connectivity index (χ0v) is 17.6. The van der Waals surface area contributed by atoms with Gasteiger partial charge in [-0.05, 0) is 62.7 Å². The summed E-state index contributed by atoms with van der Waals surface area (Å²) in [6, 6.07) is 5.04. The number of carbonyl (C=O) groups is 4. The summed E-state index contributed by atoms with van der Waals surface area (Å²) >= 11 is 0. The van der Waals surface area contributed by atoms with Crippen molar-refractivity contribution in [2.24, 2.45) is 5.92 Å². The molecule has 3 saturated heterocycles. The fourth-order valence-electron chi connectivity index (χ4n) is 5.63. The molecular formula is C23H28N4O4. The molecular weight excluding hydrogens is 396 g/mol. The summed E-state index contributed by atoms with van der Waals surface area (Å²) in [6.07, 6.45) is 5.12. The minimum Gasteiger partial charge on any atom is -0.314 e. The van der Waals surface area contributed by atoms with Crippen LogP contribution in [0.15, 0.2) is 18.2 Å². The number of hydrogen-bond acceptors (Lipinski definition) is 6. The Labute approximate surface area is 181 Å². The molecule has 1 aromatic rings. The van der Waals surface area contributed by atoms with Crippen LogP contribution in [0, 0.1) is 5.92 Å². The molecule has 8 heteroatoms. The van der Waals surface area contributed by atoms with Crippen molar-refractivity contribution in [3.8, 4) is 0 Å². The smallest absolute Gasteiger partial charge is 0.262 e. The van der Waals surface area contributed by atoms with Crippen LogP contribution < -0.4 is 10.6 Å². The molecule has 3 fully saturated rings. The fourth-order valence-corrected chi connectivity index (χ4v) is 5.63. The third-order valence-corrected chi connectivity index (χ3v) is 7.16. The van der Waals surface area contributed by atoms with Crippen molar-refractivity contribution >= 4 is 23.6 Å². The molecule has 31 heavy (non-hydrogen) atoms. The van der Waals surface area contributed by atoms with Gasteiger partial charge in [0.2, 0.25) is 11.8 Å². The molecule has 164 valence electrons. The quantitative estimate of drug-likeness (QED) is 0.701. The van der Waals surface area contributed by atoms with Gasteiger partial charge in [0.25, 0.3) is 11.8 Å². The predicted molar refractivity (Wildman–Crippen MR) is 112 cm³/mol. The molecule has 5 rings (SSSR count). The van der Waals surface area contributed by atoms with E-state index in [1.807, 2.05) is 12.1 Å². The summed E-state index contributed by atoms with van der Waals surface area (Å²) in [5, 5.41) is 5.87. The van der Waals surface area contributed by atoms with E-state index in [-0.39, 0.29) is 18.7 Å². The number of hydrogen-bond donors (Lipinski definition) is 2. The largest absolute Gasteiger partial charge is 0.314 e. The lowest BCUT2D eigenvalue weighted by molar-refractivity contribution is -0.136. The van der Waals surface area contributed by atoms with Crippen molar-refractivity contribution in [3.05, 3.63) is 34.9 Å². The van der Waals surface area contributed by atoms with Gasteiger partial charge in [0.15, 0.2) is 0 Å². The number of imide groups is 2. The van der Waals surface area contributed by atoms with Crippen LogP contribution in [0.2, 0.25) is 0 Å². The molecule has 0 aliphatic carbocycles. The van der Waals surface area contributed by atoms with E-state index in [9.17, 15) is 19.2 Å².